The minimum atomic E-state index is -4.61. The summed E-state index contributed by atoms with van der Waals surface area (Å²) in [5, 5.41) is 2.82. The molecule has 0 aliphatic rings. The summed E-state index contributed by atoms with van der Waals surface area (Å²) in [6, 6.07) is 7.25. The topological polar surface area (TPSA) is 55.1 Å². The number of benzene rings is 2. The van der Waals surface area contributed by atoms with Crippen LogP contribution in [0.4, 0.5) is 24.5 Å². The van der Waals surface area contributed by atoms with Crippen LogP contribution in [-0.2, 0) is 6.18 Å². The fraction of sp³-hybridized carbons (Fsp3) is 0.0714. The van der Waals surface area contributed by atoms with E-state index in [9.17, 15) is 18.0 Å². The first-order valence-corrected chi connectivity index (χ1v) is 6.66. The molecule has 0 fully saturated rings. The van der Waals surface area contributed by atoms with E-state index in [1.54, 1.807) is 0 Å². The third-order valence-corrected chi connectivity index (χ3v) is 3.18. The summed E-state index contributed by atoms with van der Waals surface area (Å²) in [5.74, 6) is -0.637. The molecule has 0 aromatic heterocycles. The molecule has 0 saturated carbocycles. The molecule has 0 aliphatic carbocycles. The number of hydrogen-bond donors (Lipinski definition) is 2. The number of amides is 1. The molecule has 0 heterocycles. The third-order valence-electron chi connectivity index (χ3n) is 2.74. The highest BCUT2D eigenvalue weighted by atomic mass is 35.5. The first-order chi connectivity index (χ1) is 10.2. The van der Waals surface area contributed by atoms with E-state index in [0.717, 1.165) is 12.1 Å². The quantitative estimate of drug-likeness (QED) is 0.762. The number of rotatable bonds is 2. The normalized spacial score (nSPS) is 11.3. The maximum absolute atomic E-state index is 12.8. The van der Waals surface area contributed by atoms with Gasteiger partial charge < -0.3 is 11.1 Å². The Morgan fingerprint density at radius 2 is 1.64 bits per heavy atom. The average molecular weight is 349 g/mol. The van der Waals surface area contributed by atoms with Gasteiger partial charge in [0.2, 0.25) is 0 Å². The van der Waals surface area contributed by atoms with Crippen molar-refractivity contribution >= 4 is 40.5 Å². The van der Waals surface area contributed by atoms with E-state index in [1.165, 1.54) is 24.3 Å². The van der Waals surface area contributed by atoms with Crippen LogP contribution in [0.3, 0.4) is 0 Å². The first kappa shape index (κ1) is 16.5. The molecule has 0 radical (unpaired) electrons. The largest absolute Gasteiger partial charge is 0.418 e. The Balaban J connectivity index is 2.29. The lowest BCUT2D eigenvalue weighted by atomic mass is 10.1. The fourth-order valence-electron chi connectivity index (χ4n) is 1.77. The van der Waals surface area contributed by atoms with Crippen LogP contribution in [-0.4, -0.2) is 5.91 Å². The van der Waals surface area contributed by atoms with Crippen molar-refractivity contribution in [3.63, 3.8) is 0 Å². The molecule has 0 unspecified atom stereocenters. The summed E-state index contributed by atoms with van der Waals surface area (Å²) < 4.78 is 38.3. The zero-order chi connectivity index (χ0) is 16.5. The summed E-state index contributed by atoms with van der Waals surface area (Å²) >= 11 is 11.5. The number of nitrogens with two attached hydrogens (primary N) is 1. The molecule has 0 aliphatic heterocycles. The molecule has 116 valence electrons. The number of carbonyl (C=O) groups is 1. The number of alkyl halides is 3. The van der Waals surface area contributed by atoms with Crippen LogP contribution in [0, 0.1) is 0 Å². The van der Waals surface area contributed by atoms with Crippen LogP contribution < -0.4 is 11.1 Å². The molecule has 0 bridgehead atoms. The van der Waals surface area contributed by atoms with E-state index in [1.807, 2.05) is 0 Å². The minimum Gasteiger partial charge on any atom is -0.398 e. The number of nitrogen functional groups attached to an aromatic ring is 1. The van der Waals surface area contributed by atoms with Crippen LogP contribution in [0.2, 0.25) is 10.0 Å². The number of hydrogen-bond acceptors (Lipinski definition) is 2. The number of carbonyl (C=O) groups excluding carboxylic acids is 1. The van der Waals surface area contributed by atoms with Crippen molar-refractivity contribution in [1.29, 1.82) is 0 Å². The highest BCUT2D eigenvalue weighted by Gasteiger charge is 2.33. The lowest BCUT2D eigenvalue weighted by Crippen LogP contribution is -2.14. The zero-order valence-corrected chi connectivity index (χ0v) is 12.4. The summed E-state index contributed by atoms with van der Waals surface area (Å²) in [6.45, 7) is 0. The molecule has 2 rings (SSSR count). The fourth-order valence-corrected chi connectivity index (χ4v) is 2.29. The summed E-state index contributed by atoms with van der Waals surface area (Å²) in [5.41, 5.74) is 3.94. The molecule has 2 aromatic carbocycles. The summed E-state index contributed by atoms with van der Waals surface area (Å²) in [7, 11) is 0. The highest BCUT2D eigenvalue weighted by Crippen LogP contribution is 2.35. The average Bonchev–Trinajstić information content (AvgIpc) is 2.38. The lowest BCUT2D eigenvalue weighted by molar-refractivity contribution is -0.136. The van der Waals surface area contributed by atoms with Gasteiger partial charge in [0, 0.05) is 27.0 Å². The molecule has 0 spiro atoms. The van der Waals surface area contributed by atoms with Gasteiger partial charge in [-0.15, -0.1) is 0 Å². The highest BCUT2D eigenvalue weighted by molar-refractivity contribution is 6.35. The van der Waals surface area contributed by atoms with E-state index < -0.39 is 23.3 Å². The van der Waals surface area contributed by atoms with Gasteiger partial charge >= 0.3 is 6.18 Å². The number of halogens is 5. The maximum atomic E-state index is 12.8. The number of anilines is 2. The Labute approximate surface area is 133 Å². The van der Waals surface area contributed by atoms with E-state index >= 15 is 0 Å². The van der Waals surface area contributed by atoms with Crippen molar-refractivity contribution < 1.29 is 18.0 Å². The second-order valence-electron chi connectivity index (χ2n) is 4.41. The zero-order valence-electron chi connectivity index (χ0n) is 10.8. The SMILES string of the molecule is Nc1ccc(NC(=O)c2cc(Cl)cc(Cl)c2)cc1C(F)(F)F. The van der Waals surface area contributed by atoms with Gasteiger partial charge in [-0.2, -0.15) is 13.2 Å². The molecule has 3 nitrogen and oxygen atoms in total. The second kappa shape index (κ2) is 6.06. The second-order valence-corrected chi connectivity index (χ2v) is 5.28. The Kier molecular flexibility index (Phi) is 4.53. The third kappa shape index (κ3) is 3.84. The molecule has 3 N–H and O–H groups in total. The van der Waals surface area contributed by atoms with Crippen molar-refractivity contribution in [2.45, 2.75) is 6.18 Å². The maximum Gasteiger partial charge on any atom is 0.418 e. The Hall–Kier alpha value is -1.92. The van der Waals surface area contributed by atoms with Crippen LogP contribution >= 0.6 is 23.2 Å². The van der Waals surface area contributed by atoms with Crippen molar-refractivity contribution in [2.24, 2.45) is 0 Å². The molecule has 22 heavy (non-hydrogen) atoms. The monoisotopic (exact) mass is 348 g/mol. The van der Waals surface area contributed by atoms with Crippen molar-refractivity contribution in [3.8, 4) is 0 Å². The smallest absolute Gasteiger partial charge is 0.398 e. The standard InChI is InChI=1S/C14H9Cl2F3N2O/c15-8-3-7(4-9(16)5-8)13(22)21-10-1-2-12(20)11(6-10)14(17,18)19/h1-6H,20H2,(H,21,22). The van der Waals surface area contributed by atoms with E-state index in [0.29, 0.717) is 0 Å². The van der Waals surface area contributed by atoms with Gasteiger partial charge in [0.15, 0.2) is 0 Å². The van der Waals surface area contributed by atoms with Crippen molar-refractivity contribution in [1.82, 2.24) is 0 Å². The molecular weight excluding hydrogens is 340 g/mol. The predicted molar refractivity (Wildman–Crippen MR) is 80.3 cm³/mol. The van der Waals surface area contributed by atoms with E-state index in [4.69, 9.17) is 28.9 Å². The van der Waals surface area contributed by atoms with Crippen LogP contribution in [0.25, 0.3) is 0 Å². The van der Waals surface area contributed by atoms with Crippen LogP contribution in [0.15, 0.2) is 36.4 Å². The van der Waals surface area contributed by atoms with Crippen LogP contribution in [0.5, 0.6) is 0 Å². The predicted octanol–water partition coefficient (Wildman–Crippen LogP) is 4.85. The van der Waals surface area contributed by atoms with Gasteiger partial charge in [-0.3, -0.25) is 4.79 Å². The van der Waals surface area contributed by atoms with Crippen molar-refractivity contribution in [3.05, 3.63) is 57.6 Å². The Bertz CT molecular complexity index is 712. The first-order valence-electron chi connectivity index (χ1n) is 5.91. The summed E-state index contributed by atoms with van der Waals surface area (Å²) in [6.07, 6.45) is -4.61. The van der Waals surface area contributed by atoms with Gasteiger partial charge in [-0.25, -0.2) is 0 Å². The van der Waals surface area contributed by atoms with Crippen LogP contribution in [0.1, 0.15) is 15.9 Å². The van der Waals surface area contributed by atoms with E-state index in [-0.39, 0.29) is 21.3 Å². The molecular formula is C14H9Cl2F3N2O. The van der Waals surface area contributed by atoms with E-state index in [2.05, 4.69) is 5.32 Å². The number of nitrogens with one attached hydrogen (secondary N) is 1. The minimum absolute atomic E-state index is 0.0392. The van der Waals surface area contributed by atoms with Gasteiger partial charge in [-0.1, -0.05) is 23.2 Å². The Morgan fingerprint density at radius 1 is 1.05 bits per heavy atom. The molecule has 8 heteroatoms. The molecule has 0 saturated heterocycles. The van der Waals surface area contributed by atoms with Crippen molar-refractivity contribution in [2.75, 3.05) is 11.1 Å². The Morgan fingerprint density at radius 3 is 2.18 bits per heavy atom. The summed E-state index contributed by atoms with van der Waals surface area (Å²) in [4.78, 5) is 12.0. The molecule has 1 amide bonds. The molecule has 0 atom stereocenters. The van der Waals surface area contributed by atoms with Gasteiger partial charge in [0.1, 0.15) is 0 Å². The van der Waals surface area contributed by atoms with Gasteiger partial charge in [-0.05, 0) is 36.4 Å². The van der Waals surface area contributed by atoms with Gasteiger partial charge in [0.25, 0.3) is 5.91 Å². The molecule has 2 aromatic rings. The van der Waals surface area contributed by atoms with Gasteiger partial charge in [0.05, 0.1) is 5.56 Å². The lowest BCUT2D eigenvalue weighted by Gasteiger charge is -2.12.